The van der Waals surface area contributed by atoms with Gasteiger partial charge in [0.05, 0.1) is 6.10 Å². The summed E-state index contributed by atoms with van der Waals surface area (Å²) < 4.78 is 4.60. The maximum absolute atomic E-state index is 11.5. The second-order valence-electron chi connectivity index (χ2n) is 6.35. The molecule has 0 aliphatic carbocycles. The van der Waals surface area contributed by atoms with Crippen molar-refractivity contribution in [1.29, 1.82) is 0 Å². The Morgan fingerprint density at radius 3 is 1.75 bits per heavy atom. The molecule has 0 fully saturated rings. The number of hydrogen-bond donors (Lipinski definition) is 2. The van der Waals surface area contributed by atoms with Crippen molar-refractivity contribution >= 4 is 63.3 Å². The molecule has 3 N–H and O–H groups in total. The number of esters is 2. The van der Waals surface area contributed by atoms with Crippen LogP contribution in [0, 0.1) is 0 Å². The van der Waals surface area contributed by atoms with E-state index in [9.17, 15) is 9.59 Å². The molecule has 138 valence electrons. The fraction of sp³-hybridized carbons (Fsp3) is 0.889. The predicted molar refractivity (Wildman–Crippen MR) is 99.0 cm³/mol. The molecule has 2 atom stereocenters. The van der Waals surface area contributed by atoms with Gasteiger partial charge in [0.1, 0.15) is 6.04 Å². The summed E-state index contributed by atoms with van der Waals surface area (Å²) in [4.78, 5) is 22.8. The van der Waals surface area contributed by atoms with Crippen LogP contribution in [0.3, 0.4) is 0 Å². The molecule has 0 rings (SSSR count). The molecule has 5 nitrogen and oxygen atoms in total. The molecule has 0 aliphatic heterocycles. The molecule has 0 spiro atoms. The summed E-state index contributed by atoms with van der Waals surface area (Å²) in [5, 5.41) is 9.14. The average molecular weight is 370 g/mol. The van der Waals surface area contributed by atoms with Crippen LogP contribution in [0.2, 0.25) is 0 Å². The Balaban J connectivity index is 0. The molecule has 0 saturated carbocycles. The summed E-state index contributed by atoms with van der Waals surface area (Å²) in [6.45, 7) is 3.62. The van der Waals surface area contributed by atoms with Gasteiger partial charge < -0.3 is 15.6 Å². The quantitative estimate of drug-likeness (QED) is 0.213. The van der Waals surface area contributed by atoms with E-state index in [4.69, 9.17) is 10.8 Å². The zero-order chi connectivity index (χ0) is 17.5. The minimum atomic E-state index is -1.16. The first-order valence-electron chi connectivity index (χ1n) is 9.17. The van der Waals surface area contributed by atoms with Gasteiger partial charge in [-0.1, -0.05) is 71.1 Å². The van der Waals surface area contributed by atoms with E-state index in [-0.39, 0.29) is 57.8 Å². The van der Waals surface area contributed by atoms with E-state index < -0.39 is 24.1 Å². The molecule has 0 radical (unpaired) electrons. The van der Waals surface area contributed by atoms with E-state index in [0.717, 1.165) is 19.3 Å². The van der Waals surface area contributed by atoms with Crippen molar-refractivity contribution in [2.75, 3.05) is 0 Å². The van der Waals surface area contributed by atoms with E-state index >= 15 is 0 Å². The molecule has 0 amide bonds. The Labute approximate surface area is 189 Å². The van der Waals surface area contributed by atoms with Gasteiger partial charge in [0.25, 0.3) is 0 Å². The molecule has 0 saturated heterocycles. The van der Waals surface area contributed by atoms with Crippen molar-refractivity contribution in [3.63, 3.8) is 0 Å². The summed E-state index contributed by atoms with van der Waals surface area (Å²) in [6, 6.07) is -1.16. The van der Waals surface area contributed by atoms with Crippen molar-refractivity contribution in [3.8, 4) is 0 Å². The zero-order valence-corrected chi connectivity index (χ0v) is 14.9. The molecule has 24 heavy (non-hydrogen) atoms. The molecule has 0 heterocycles. The van der Waals surface area contributed by atoms with Crippen LogP contribution >= 0.6 is 0 Å². The van der Waals surface area contributed by atoms with Gasteiger partial charge >= 0.3 is 63.3 Å². The third kappa shape index (κ3) is 16.2. The Bertz CT molecular complexity index is 324. The van der Waals surface area contributed by atoms with Gasteiger partial charge in [-0.25, -0.2) is 4.79 Å². The number of unbranched alkanes of at least 4 members (excludes halogenated alkanes) is 10. The van der Waals surface area contributed by atoms with Crippen molar-refractivity contribution in [1.82, 2.24) is 0 Å². The molecular weight excluding hydrogens is 333 g/mol. The first kappa shape index (κ1) is 26.9. The Kier molecular flexibility index (Phi) is 20.7. The molecule has 6 heteroatoms. The normalized spacial score (nSPS) is 13.0. The van der Waals surface area contributed by atoms with Gasteiger partial charge in [0, 0.05) is 6.42 Å². The van der Waals surface area contributed by atoms with Gasteiger partial charge in [0.2, 0.25) is 0 Å². The van der Waals surface area contributed by atoms with Crippen LogP contribution in [0.15, 0.2) is 0 Å². The number of ether oxygens (including phenoxy) is 1. The Morgan fingerprint density at radius 1 is 0.917 bits per heavy atom. The monoisotopic (exact) mass is 369 g/mol. The predicted octanol–water partition coefficient (Wildman–Crippen LogP) is 2.82. The van der Waals surface area contributed by atoms with Crippen LogP contribution in [0.25, 0.3) is 0 Å². The fourth-order valence-electron chi connectivity index (χ4n) is 2.36. The van der Waals surface area contributed by atoms with E-state index in [0.29, 0.717) is 0 Å². The number of hydrogen-bond acceptors (Lipinski definition) is 5. The minimum absolute atomic E-state index is 0. The van der Waals surface area contributed by atoms with Crippen LogP contribution < -0.4 is 5.73 Å². The zero-order valence-electron chi connectivity index (χ0n) is 14.9. The van der Waals surface area contributed by atoms with E-state index in [1.54, 1.807) is 0 Å². The van der Waals surface area contributed by atoms with Crippen LogP contribution in [0.4, 0.5) is 0 Å². The number of carbonyl (C=O) groups is 2. The summed E-state index contributed by atoms with van der Waals surface area (Å²) in [5.41, 5.74) is 5.39. The van der Waals surface area contributed by atoms with Crippen LogP contribution in [0.1, 0.15) is 90.9 Å². The average Bonchev–Trinajstić information content (AvgIpc) is 2.51. The third-order valence-corrected chi connectivity index (χ3v) is 3.99. The number of aliphatic hydroxyl groups is 1. The van der Waals surface area contributed by atoms with Gasteiger partial charge in [-0.2, -0.15) is 0 Å². The number of rotatable bonds is 14. The van der Waals surface area contributed by atoms with Crippen molar-refractivity contribution in [2.24, 2.45) is 5.73 Å². The second-order valence-corrected chi connectivity index (χ2v) is 6.35. The molecular formula is C18H36KNO4. The maximum atomic E-state index is 11.5. The van der Waals surface area contributed by atoms with Crippen molar-refractivity contribution in [3.05, 3.63) is 0 Å². The topological polar surface area (TPSA) is 89.6 Å². The first-order valence-corrected chi connectivity index (χ1v) is 9.17. The van der Waals surface area contributed by atoms with Gasteiger partial charge in [-0.05, 0) is 13.3 Å². The Hall–Kier alpha value is 0.696. The standard InChI is InChI=1S/C18H35NO4.K.H/c1-3-4-5-6-7-8-9-10-11-12-13-14-16(21)23-18(22)17(19)15(2)20;;/h15,17,20H,3-14,19H2,1-2H3;;/t15-,17+;;/m1../s1. The van der Waals surface area contributed by atoms with Crippen LogP contribution in [0.5, 0.6) is 0 Å². The van der Waals surface area contributed by atoms with Crippen molar-refractivity contribution in [2.45, 2.75) is 103 Å². The molecule has 0 aromatic rings. The summed E-state index contributed by atoms with van der Waals surface area (Å²) in [7, 11) is 0. The van der Waals surface area contributed by atoms with E-state index in [1.807, 2.05) is 0 Å². The molecule has 0 aromatic heterocycles. The molecule has 0 aliphatic rings. The van der Waals surface area contributed by atoms with E-state index in [1.165, 1.54) is 58.3 Å². The molecule has 0 bridgehead atoms. The summed E-state index contributed by atoms with van der Waals surface area (Å²) in [5.74, 6) is -1.41. The van der Waals surface area contributed by atoms with Gasteiger partial charge in [-0.15, -0.1) is 0 Å². The number of aliphatic hydroxyl groups excluding tert-OH is 1. The van der Waals surface area contributed by atoms with Crippen LogP contribution in [-0.4, -0.2) is 80.6 Å². The third-order valence-electron chi connectivity index (χ3n) is 3.99. The molecule has 0 unspecified atom stereocenters. The first-order chi connectivity index (χ1) is 11.0. The van der Waals surface area contributed by atoms with Gasteiger partial charge in [0.15, 0.2) is 0 Å². The SMILES string of the molecule is CCCCCCCCCCCCCC(=O)OC(=O)[C@@H](N)[C@@H](C)O.[KH]. The summed E-state index contributed by atoms with van der Waals surface area (Å²) in [6.07, 6.45) is 12.5. The fourth-order valence-corrected chi connectivity index (χ4v) is 2.36. The van der Waals surface area contributed by atoms with Crippen molar-refractivity contribution < 1.29 is 19.4 Å². The Morgan fingerprint density at radius 2 is 1.33 bits per heavy atom. The van der Waals surface area contributed by atoms with E-state index in [2.05, 4.69) is 11.7 Å². The van der Waals surface area contributed by atoms with Crippen LogP contribution in [-0.2, 0) is 14.3 Å². The summed E-state index contributed by atoms with van der Waals surface area (Å²) >= 11 is 0. The number of carbonyl (C=O) groups excluding carboxylic acids is 2. The second kappa shape index (κ2) is 18.5. The van der Waals surface area contributed by atoms with Gasteiger partial charge in [-0.3, -0.25) is 4.79 Å². The molecule has 0 aromatic carbocycles. The number of nitrogens with two attached hydrogens (primary N) is 1.